The van der Waals surface area contributed by atoms with E-state index < -0.39 is 11.9 Å². The molecule has 0 atom stereocenters. The second-order valence-electron chi connectivity index (χ2n) is 5.67. The SMILES string of the molecule is COc1cc(NC(=O)CCC(=O)c2ccc(C)cc2)c(Cl)cc1C(=O)O. The number of aromatic carboxylic acids is 1. The van der Waals surface area contributed by atoms with Crippen LogP contribution in [0.3, 0.4) is 0 Å². The number of benzene rings is 2. The molecule has 26 heavy (non-hydrogen) atoms. The first kappa shape index (κ1) is 19.5. The van der Waals surface area contributed by atoms with E-state index >= 15 is 0 Å². The van der Waals surface area contributed by atoms with Crippen molar-refractivity contribution in [1.29, 1.82) is 0 Å². The van der Waals surface area contributed by atoms with Crippen LogP contribution in [0.15, 0.2) is 36.4 Å². The minimum Gasteiger partial charge on any atom is -0.496 e. The number of halogens is 1. The van der Waals surface area contributed by atoms with Crippen LogP contribution in [-0.4, -0.2) is 29.9 Å². The summed E-state index contributed by atoms with van der Waals surface area (Å²) in [6.45, 7) is 1.93. The Morgan fingerprint density at radius 2 is 1.77 bits per heavy atom. The van der Waals surface area contributed by atoms with Crippen LogP contribution >= 0.6 is 11.6 Å². The fourth-order valence-corrected chi connectivity index (χ4v) is 2.52. The first-order valence-corrected chi connectivity index (χ1v) is 8.20. The van der Waals surface area contributed by atoms with Crippen molar-refractivity contribution in [3.05, 3.63) is 58.1 Å². The highest BCUT2D eigenvalue weighted by Crippen LogP contribution is 2.31. The highest BCUT2D eigenvalue weighted by molar-refractivity contribution is 6.34. The molecule has 0 aliphatic carbocycles. The van der Waals surface area contributed by atoms with Crippen LogP contribution in [0.5, 0.6) is 5.75 Å². The standard InChI is InChI=1S/C19H18ClNO5/c1-11-3-5-12(6-4-11)16(22)7-8-18(23)21-15-10-17(26-2)13(19(24)25)9-14(15)20/h3-6,9-10H,7-8H2,1-2H3,(H,21,23)(H,24,25). The summed E-state index contributed by atoms with van der Waals surface area (Å²) in [5.41, 5.74) is 1.72. The molecule has 2 aromatic rings. The molecule has 0 aliphatic rings. The number of amides is 1. The first-order valence-electron chi connectivity index (χ1n) is 7.82. The fourth-order valence-electron chi connectivity index (χ4n) is 2.31. The molecule has 7 heteroatoms. The lowest BCUT2D eigenvalue weighted by Gasteiger charge is -2.11. The van der Waals surface area contributed by atoms with Crippen molar-refractivity contribution in [3.8, 4) is 5.75 Å². The molecule has 136 valence electrons. The van der Waals surface area contributed by atoms with Crippen LogP contribution in [-0.2, 0) is 4.79 Å². The number of carbonyl (C=O) groups is 3. The van der Waals surface area contributed by atoms with Gasteiger partial charge in [-0.15, -0.1) is 0 Å². The lowest BCUT2D eigenvalue weighted by Crippen LogP contribution is -2.14. The van der Waals surface area contributed by atoms with Gasteiger partial charge in [0.25, 0.3) is 0 Å². The molecule has 0 unspecified atom stereocenters. The van der Waals surface area contributed by atoms with Gasteiger partial charge in [-0.05, 0) is 13.0 Å². The number of Topliss-reactive ketones (excluding diaryl/α,β-unsaturated/α-hetero) is 1. The number of aryl methyl sites for hydroxylation is 1. The molecular formula is C19H18ClNO5. The molecule has 0 heterocycles. The van der Waals surface area contributed by atoms with Crippen molar-refractivity contribution < 1.29 is 24.2 Å². The zero-order valence-electron chi connectivity index (χ0n) is 14.3. The molecule has 0 spiro atoms. The van der Waals surface area contributed by atoms with Gasteiger partial charge >= 0.3 is 5.97 Å². The molecule has 2 N–H and O–H groups in total. The van der Waals surface area contributed by atoms with E-state index in [4.69, 9.17) is 21.4 Å². The number of ether oxygens (including phenoxy) is 1. The Balaban J connectivity index is 2.02. The Labute approximate surface area is 155 Å². The molecule has 0 radical (unpaired) electrons. The molecule has 0 aromatic heterocycles. The predicted octanol–water partition coefficient (Wildman–Crippen LogP) is 3.96. The molecule has 1 amide bonds. The van der Waals surface area contributed by atoms with E-state index in [1.807, 2.05) is 19.1 Å². The van der Waals surface area contributed by atoms with E-state index in [-0.39, 0.29) is 40.6 Å². The van der Waals surface area contributed by atoms with Gasteiger partial charge in [0, 0.05) is 24.5 Å². The quantitative estimate of drug-likeness (QED) is 0.714. The lowest BCUT2D eigenvalue weighted by atomic mass is 10.0. The smallest absolute Gasteiger partial charge is 0.339 e. The van der Waals surface area contributed by atoms with E-state index in [0.717, 1.165) is 5.56 Å². The third-order valence-corrected chi connectivity index (χ3v) is 4.06. The van der Waals surface area contributed by atoms with E-state index in [2.05, 4.69) is 5.32 Å². The Hall–Kier alpha value is -2.86. The van der Waals surface area contributed by atoms with Crippen LogP contribution in [0, 0.1) is 6.92 Å². The Kier molecular flexibility index (Phi) is 6.36. The van der Waals surface area contributed by atoms with E-state index in [1.54, 1.807) is 12.1 Å². The zero-order chi connectivity index (χ0) is 19.3. The summed E-state index contributed by atoms with van der Waals surface area (Å²) in [5.74, 6) is -1.65. The van der Waals surface area contributed by atoms with Crippen LogP contribution in [0.2, 0.25) is 5.02 Å². The number of rotatable bonds is 7. The van der Waals surface area contributed by atoms with E-state index in [1.165, 1.54) is 19.2 Å². The molecule has 2 aromatic carbocycles. The van der Waals surface area contributed by atoms with Crippen LogP contribution in [0.25, 0.3) is 0 Å². The Bertz CT molecular complexity index is 846. The van der Waals surface area contributed by atoms with Gasteiger partial charge < -0.3 is 15.2 Å². The highest BCUT2D eigenvalue weighted by atomic mass is 35.5. The molecular weight excluding hydrogens is 358 g/mol. The van der Waals surface area contributed by atoms with Crippen molar-refractivity contribution in [2.45, 2.75) is 19.8 Å². The number of carboxylic acids is 1. The summed E-state index contributed by atoms with van der Waals surface area (Å²) in [7, 11) is 1.32. The summed E-state index contributed by atoms with van der Waals surface area (Å²) < 4.78 is 5.00. The molecule has 0 fully saturated rings. The van der Waals surface area contributed by atoms with Crippen molar-refractivity contribution >= 4 is 34.9 Å². The summed E-state index contributed by atoms with van der Waals surface area (Å²) in [6.07, 6.45) is 0.0306. The van der Waals surface area contributed by atoms with Crippen LogP contribution in [0.1, 0.15) is 39.1 Å². The maximum atomic E-state index is 12.1. The third-order valence-electron chi connectivity index (χ3n) is 3.75. The number of hydrogen-bond acceptors (Lipinski definition) is 4. The van der Waals surface area contributed by atoms with Crippen molar-refractivity contribution in [3.63, 3.8) is 0 Å². The number of carboxylic acid groups (broad SMARTS) is 1. The van der Waals surface area contributed by atoms with Crippen LogP contribution < -0.4 is 10.1 Å². The average molecular weight is 376 g/mol. The van der Waals surface area contributed by atoms with Gasteiger partial charge in [-0.25, -0.2) is 4.79 Å². The number of carbonyl (C=O) groups excluding carboxylic acids is 2. The second kappa shape index (κ2) is 8.49. The molecule has 2 rings (SSSR count). The second-order valence-corrected chi connectivity index (χ2v) is 6.08. The first-order chi connectivity index (χ1) is 12.3. The van der Waals surface area contributed by atoms with E-state index in [9.17, 15) is 14.4 Å². The van der Waals surface area contributed by atoms with Gasteiger partial charge in [0.05, 0.1) is 17.8 Å². The summed E-state index contributed by atoms with van der Waals surface area (Å²) in [5, 5.41) is 11.7. The topological polar surface area (TPSA) is 92.7 Å². The monoisotopic (exact) mass is 375 g/mol. The Morgan fingerprint density at radius 1 is 1.12 bits per heavy atom. The van der Waals surface area contributed by atoms with Crippen molar-refractivity contribution in [1.82, 2.24) is 0 Å². The van der Waals surface area contributed by atoms with Gasteiger partial charge in [0.15, 0.2) is 5.78 Å². The fraction of sp³-hybridized carbons (Fsp3) is 0.211. The number of nitrogens with one attached hydrogen (secondary N) is 1. The molecule has 0 saturated carbocycles. The van der Waals surface area contributed by atoms with Gasteiger partial charge in [-0.1, -0.05) is 41.4 Å². The summed E-state index contributed by atoms with van der Waals surface area (Å²) >= 11 is 6.02. The number of ketones is 1. The molecule has 6 nitrogen and oxygen atoms in total. The van der Waals surface area contributed by atoms with Crippen molar-refractivity contribution in [2.75, 3.05) is 12.4 Å². The molecule has 0 bridgehead atoms. The summed E-state index contributed by atoms with van der Waals surface area (Å²) in [6, 6.07) is 9.66. The average Bonchev–Trinajstić information content (AvgIpc) is 2.61. The number of methoxy groups -OCH3 is 1. The Morgan fingerprint density at radius 3 is 2.35 bits per heavy atom. The highest BCUT2D eigenvalue weighted by Gasteiger charge is 2.17. The van der Waals surface area contributed by atoms with Gasteiger partial charge in [-0.2, -0.15) is 0 Å². The van der Waals surface area contributed by atoms with Crippen LogP contribution in [0.4, 0.5) is 5.69 Å². The minimum atomic E-state index is -1.19. The number of hydrogen-bond donors (Lipinski definition) is 2. The maximum absolute atomic E-state index is 12.1. The lowest BCUT2D eigenvalue weighted by molar-refractivity contribution is -0.116. The largest absolute Gasteiger partial charge is 0.496 e. The normalized spacial score (nSPS) is 10.3. The van der Waals surface area contributed by atoms with Crippen molar-refractivity contribution in [2.24, 2.45) is 0 Å². The minimum absolute atomic E-state index is 0.0218. The third kappa shape index (κ3) is 4.83. The molecule has 0 saturated heterocycles. The van der Waals surface area contributed by atoms with Gasteiger partial charge in [0.2, 0.25) is 5.91 Å². The zero-order valence-corrected chi connectivity index (χ0v) is 15.1. The maximum Gasteiger partial charge on any atom is 0.339 e. The number of anilines is 1. The van der Waals surface area contributed by atoms with Gasteiger partial charge in [-0.3, -0.25) is 9.59 Å². The molecule has 0 aliphatic heterocycles. The van der Waals surface area contributed by atoms with E-state index in [0.29, 0.717) is 5.56 Å². The van der Waals surface area contributed by atoms with Gasteiger partial charge in [0.1, 0.15) is 11.3 Å². The summed E-state index contributed by atoms with van der Waals surface area (Å²) in [4.78, 5) is 35.3. The predicted molar refractivity (Wildman–Crippen MR) is 98.3 cm³/mol.